The highest BCUT2D eigenvalue weighted by molar-refractivity contribution is 5.51. The average Bonchev–Trinajstić information content (AvgIpc) is 2.57. The standard InChI is InChI=1S/C18H25FN4/c19-15-10-13(11-20)7-8-18(15)23-9-3-4-14(12-23)22-17-6-2-1-5-16(17)21/h7-8,10,14,16-17,22H,1-6,9,12,21H2. The fourth-order valence-corrected chi connectivity index (χ4v) is 3.83. The van der Waals surface area contributed by atoms with Gasteiger partial charge in [0.25, 0.3) is 0 Å². The van der Waals surface area contributed by atoms with Crippen molar-refractivity contribution in [2.24, 2.45) is 5.73 Å². The smallest absolute Gasteiger partial charge is 0.147 e. The lowest BCUT2D eigenvalue weighted by Crippen LogP contribution is -2.55. The molecule has 0 spiro atoms. The van der Waals surface area contributed by atoms with E-state index in [2.05, 4.69) is 10.2 Å². The number of anilines is 1. The highest BCUT2D eigenvalue weighted by Crippen LogP contribution is 2.25. The molecule has 3 unspecified atom stereocenters. The van der Waals surface area contributed by atoms with E-state index in [1.54, 1.807) is 12.1 Å². The Bertz CT molecular complexity index is 583. The third kappa shape index (κ3) is 3.82. The first-order valence-electron chi connectivity index (χ1n) is 8.63. The molecule has 1 aromatic carbocycles. The number of rotatable bonds is 3. The Hall–Kier alpha value is -1.64. The van der Waals surface area contributed by atoms with Gasteiger partial charge in [-0.25, -0.2) is 4.39 Å². The number of hydrogen-bond donors (Lipinski definition) is 2. The van der Waals surface area contributed by atoms with Crippen LogP contribution >= 0.6 is 0 Å². The summed E-state index contributed by atoms with van der Waals surface area (Å²) in [5.41, 5.74) is 7.20. The SMILES string of the molecule is N#Cc1ccc(N2CCCC(NC3CCCCC3N)C2)c(F)c1. The third-order valence-electron chi connectivity index (χ3n) is 5.11. The number of piperidine rings is 1. The molecule has 3 N–H and O–H groups in total. The van der Waals surface area contributed by atoms with E-state index in [0.717, 1.165) is 38.8 Å². The first-order valence-corrected chi connectivity index (χ1v) is 8.63. The zero-order valence-electron chi connectivity index (χ0n) is 13.5. The fraction of sp³-hybridized carbons (Fsp3) is 0.611. The Balaban J connectivity index is 1.65. The van der Waals surface area contributed by atoms with Gasteiger partial charge in [-0.3, -0.25) is 0 Å². The molecule has 0 radical (unpaired) electrons. The Kier molecular flexibility index (Phi) is 5.14. The molecular formula is C18H25FN4. The van der Waals surface area contributed by atoms with E-state index in [1.807, 2.05) is 6.07 Å². The maximum Gasteiger partial charge on any atom is 0.147 e. The number of halogens is 1. The summed E-state index contributed by atoms with van der Waals surface area (Å²) in [7, 11) is 0. The number of nitriles is 1. The highest BCUT2D eigenvalue weighted by Gasteiger charge is 2.27. The average molecular weight is 316 g/mol. The maximum atomic E-state index is 14.2. The number of nitrogens with zero attached hydrogens (tertiary/aromatic N) is 2. The summed E-state index contributed by atoms with van der Waals surface area (Å²) >= 11 is 0. The number of nitrogens with two attached hydrogens (primary N) is 1. The number of benzene rings is 1. The molecule has 1 heterocycles. The second kappa shape index (κ2) is 7.29. The molecule has 1 saturated carbocycles. The zero-order chi connectivity index (χ0) is 16.2. The van der Waals surface area contributed by atoms with Crippen molar-refractivity contribution in [2.75, 3.05) is 18.0 Å². The Morgan fingerprint density at radius 1 is 1.22 bits per heavy atom. The van der Waals surface area contributed by atoms with Crippen LogP contribution in [0.15, 0.2) is 18.2 Å². The minimum Gasteiger partial charge on any atom is -0.368 e. The Morgan fingerprint density at radius 2 is 2.04 bits per heavy atom. The van der Waals surface area contributed by atoms with Gasteiger partial charge in [0, 0.05) is 31.2 Å². The summed E-state index contributed by atoms with van der Waals surface area (Å²) in [6.07, 6.45) is 6.86. The molecule has 4 nitrogen and oxygen atoms in total. The zero-order valence-corrected chi connectivity index (χ0v) is 13.5. The van der Waals surface area contributed by atoms with Crippen LogP contribution in [-0.4, -0.2) is 31.2 Å². The van der Waals surface area contributed by atoms with Crippen molar-refractivity contribution in [1.29, 1.82) is 5.26 Å². The molecule has 23 heavy (non-hydrogen) atoms. The molecule has 1 aliphatic heterocycles. The number of hydrogen-bond acceptors (Lipinski definition) is 4. The fourth-order valence-electron chi connectivity index (χ4n) is 3.83. The molecular weight excluding hydrogens is 291 g/mol. The van der Waals surface area contributed by atoms with Gasteiger partial charge in [-0.1, -0.05) is 12.8 Å². The van der Waals surface area contributed by atoms with Crippen molar-refractivity contribution in [2.45, 2.75) is 56.7 Å². The predicted octanol–water partition coefficient (Wildman–Crippen LogP) is 2.53. The van der Waals surface area contributed by atoms with Crippen molar-refractivity contribution in [1.82, 2.24) is 5.32 Å². The lowest BCUT2D eigenvalue weighted by atomic mass is 9.89. The van der Waals surface area contributed by atoms with Crippen LogP contribution in [0.5, 0.6) is 0 Å². The van der Waals surface area contributed by atoms with Crippen LogP contribution in [0, 0.1) is 17.1 Å². The molecule has 0 aromatic heterocycles. The van der Waals surface area contributed by atoms with E-state index in [0.29, 0.717) is 23.3 Å². The van der Waals surface area contributed by atoms with Crippen molar-refractivity contribution < 1.29 is 4.39 Å². The summed E-state index contributed by atoms with van der Waals surface area (Å²) in [6, 6.07) is 7.70. The van der Waals surface area contributed by atoms with E-state index < -0.39 is 0 Å². The summed E-state index contributed by atoms with van der Waals surface area (Å²) in [6.45, 7) is 1.66. The molecule has 5 heteroatoms. The van der Waals surface area contributed by atoms with Gasteiger partial charge < -0.3 is 16.0 Å². The normalized spacial score (nSPS) is 28.4. The minimum atomic E-state index is -0.306. The van der Waals surface area contributed by atoms with Gasteiger partial charge in [0.05, 0.1) is 17.3 Å². The largest absolute Gasteiger partial charge is 0.368 e. The van der Waals surface area contributed by atoms with Crippen LogP contribution in [0.25, 0.3) is 0 Å². The molecule has 3 rings (SSSR count). The van der Waals surface area contributed by atoms with Crippen molar-refractivity contribution in [3.8, 4) is 6.07 Å². The van der Waals surface area contributed by atoms with Crippen molar-refractivity contribution >= 4 is 5.69 Å². The molecule has 1 aromatic rings. The first-order chi connectivity index (χ1) is 11.2. The van der Waals surface area contributed by atoms with Gasteiger partial charge >= 0.3 is 0 Å². The van der Waals surface area contributed by atoms with Crippen molar-refractivity contribution in [3.63, 3.8) is 0 Å². The lowest BCUT2D eigenvalue weighted by Gasteiger charge is -2.39. The second-order valence-corrected chi connectivity index (χ2v) is 6.78. The highest BCUT2D eigenvalue weighted by atomic mass is 19.1. The monoisotopic (exact) mass is 316 g/mol. The summed E-state index contributed by atoms with van der Waals surface area (Å²) in [4.78, 5) is 2.09. The van der Waals surface area contributed by atoms with Gasteiger partial charge in [-0.05, 0) is 43.9 Å². The van der Waals surface area contributed by atoms with Crippen LogP contribution < -0.4 is 16.0 Å². The number of nitrogens with one attached hydrogen (secondary N) is 1. The third-order valence-corrected chi connectivity index (χ3v) is 5.11. The van der Waals surface area contributed by atoms with Crippen LogP contribution in [0.2, 0.25) is 0 Å². The Morgan fingerprint density at radius 3 is 2.78 bits per heavy atom. The quantitative estimate of drug-likeness (QED) is 0.899. The maximum absolute atomic E-state index is 14.2. The van der Waals surface area contributed by atoms with Gasteiger partial charge in [0.2, 0.25) is 0 Å². The van der Waals surface area contributed by atoms with Crippen molar-refractivity contribution in [3.05, 3.63) is 29.6 Å². The topological polar surface area (TPSA) is 65.1 Å². The predicted molar refractivity (Wildman–Crippen MR) is 89.7 cm³/mol. The summed E-state index contributed by atoms with van der Waals surface area (Å²) in [5, 5.41) is 12.6. The van der Waals surface area contributed by atoms with E-state index >= 15 is 0 Å². The van der Waals surface area contributed by atoms with E-state index in [1.165, 1.54) is 18.9 Å². The van der Waals surface area contributed by atoms with Gasteiger partial charge in [0.15, 0.2) is 0 Å². The molecule has 3 atom stereocenters. The molecule has 2 fully saturated rings. The van der Waals surface area contributed by atoms with E-state index in [-0.39, 0.29) is 11.9 Å². The summed E-state index contributed by atoms with van der Waals surface area (Å²) in [5.74, 6) is -0.306. The first kappa shape index (κ1) is 16.2. The van der Waals surface area contributed by atoms with Gasteiger partial charge in [-0.2, -0.15) is 5.26 Å². The lowest BCUT2D eigenvalue weighted by molar-refractivity contribution is 0.282. The van der Waals surface area contributed by atoms with Gasteiger partial charge in [-0.15, -0.1) is 0 Å². The van der Waals surface area contributed by atoms with Gasteiger partial charge in [0.1, 0.15) is 5.82 Å². The van der Waals surface area contributed by atoms with E-state index in [4.69, 9.17) is 11.0 Å². The minimum absolute atomic E-state index is 0.241. The molecule has 0 amide bonds. The molecule has 1 aliphatic carbocycles. The van der Waals surface area contributed by atoms with E-state index in [9.17, 15) is 4.39 Å². The summed E-state index contributed by atoms with van der Waals surface area (Å²) < 4.78 is 14.2. The Labute approximate surface area is 137 Å². The van der Waals surface area contributed by atoms with Crippen LogP contribution in [0.4, 0.5) is 10.1 Å². The molecule has 0 bridgehead atoms. The van der Waals surface area contributed by atoms with Crippen LogP contribution in [0.3, 0.4) is 0 Å². The molecule has 2 aliphatic rings. The van der Waals surface area contributed by atoms with Crippen LogP contribution in [-0.2, 0) is 0 Å². The van der Waals surface area contributed by atoms with Crippen LogP contribution in [0.1, 0.15) is 44.1 Å². The molecule has 124 valence electrons. The molecule has 1 saturated heterocycles. The second-order valence-electron chi connectivity index (χ2n) is 6.78.